The average Bonchev–Trinajstić information content (AvgIpc) is 4.01. The van der Waals surface area contributed by atoms with Crippen LogP contribution in [-0.2, 0) is 16.6 Å². The minimum absolute atomic E-state index is 0.111. The highest BCUT2D eigenvalue weighted by molar-refractivity contribution is 5.83. The highest BCUT2D eigenvalue weighted by Gasteiger charge is 2.54. The summed E-state index contributed by atoms with van der Waals surface area (Å²) in [5, 5.41) is 68.7. The van der Waals surface area contributed by atoms with Gasteiger partial charge in [-0.2, -0.15) is 0 Å². The molecule has 0 amide bonds. The molecule has 0 unspecified atom stereocenters. The zero-order chi connectivity index (χ0) is 44.6. The van der Waals surface area contributed by atoms with Gasteiger partial charge in [0.25, 0.3) is 0 Å². The lowest BCUT2D eigenvalue weighted by Crippen LogP contribution is -2.38. The lowest BCUT2D eigenvalue weighted by molar-refractivity contribution is -0.268. The number of aliphatic carboxylic acids is 1. The number of aromatic nitrogens is 2. The van der Waals surface area contributed by atoms with Crippen molar-refractivity contribution in [2.24, 2.45) is 29.6 Å². The molecule has 2 heterocycles. The largest absolute Gasteiger partial charge is 0.872 e. The molecule has 0 radical (unpaired) electrons. The summed E-state index contributed by atoms with van der Waals surface area (Å²) in [4.78, 5) is 20.5. The second-order valence-corrected chi connectivity index (χ2v) is 19.4. The minimum Gasteiger partial charge on any atom is -0.872 e. The van der Waals surface area contributed by atoms with Gasteiger partial charge in [-0.1, -0.05) is 107 Å². The van der Waals surface area contributed by atoms with Crippen molar-refractivity contribution in [3.05, 3.63) is 96.3 Å². The average molecular weight is 861 g/mol. The molecule has 340 valence electrons. The van der Waals surface area contributed by atoms with E-state index in [4.69, 9.17) is 5.73 Å². The van der Waals surface area contributed by atoms with Crippen LogP contribution in [0.1, 0.15) is 134 Å². The molecule has 2 fully saturated rings. The zero-order valence-electron chi connectivity index (χ0n) is 37.1. The summed E-state index contributed by atoms with van der Waals surface area (Å²) in [5.41, 5.74) is 10.0. The summed E-state index contributed by atoms with van der Waals surface area (Å²) in [6.07, 6.45) is 20.2. The number of phenolic OH excluding ortho intramolecular Hbond substituents is 1. The lowest BCUT2D eigenvalue weighted by atomic mass is 9.67. The number of pyridine rings is 1. The number of nitrogen functional groups attached to an aromatic ring is 1. The van der Waals surface area contributed by atoms with E-state index in [0.29, 0.717) is 48.7 Å². The van der Waals surface area contributed by atoms with Gasteiger partial charge in [-0.3, -0.25) is 4.79 Å². The number of phenols is 1. The third kappa shape index (κ3) is 11.2. The van der Waals surface area contributed by atoms with Crippen LogP contribution in [0.5, 0.6) is 11.5 Å². The van der Waals surface area contributed by atoms with Crippen LogP contribution in [0.2, 0.25) is 0 Å². The molecule has 0 aliphatic heterocycles. The monoisotopic (exact) mass is 861 g/mol. The molecular weight excluding hydrogens is 791 g/mol. The van der Waals surface area contributed by atoms with Gasteiger partial charge in [-0.05, 0) is 135 Å². The Morgan fingerprint density at radius 2 is 1.71 bits per heavy atom. The molecular formula is C53H70N3O7-. The number of anilines is 1. The highest BCUT2D eigenvalue weighted by atomic mass is 16.4. The number of hydrogen-bond acceptors (Lipinski definition) is 8. The van der Waals surface area contributed by atoms with Crippen molar-refractivity contribution in [3.8, 4) is 33.9 Å². The Balaban J connectivity index is 1.07. The normalized spacial score (nSPS) is 25.3. The van der Waals surface area contributed by atoms with Crippen molar-refractivity contribution in [2.75, 3.05) is 5.73 Å². The predicted octanol–water partition coefficient (Wildman–Crippen LogP) is 9.84. The van der Waals surface area contributed by atoms with E-state index < -0.39 is 23.6 Å². The Labute approximate surface area is 373 Å². The molecule has 3 aliphatic rings. The maximum atomic E-state index is 13.0. The molecule has 7 rings (SSSR count). The SMILES string of the molecule is CCCCC[C@@H]1C=C[C@@H](CCCCC[C@H](C(=O)O)[C@H](O)CC[C@]2(O)C[C@H](C3(c4ccnc(N)c4)CCCC3)C[C@H]2Cc2cc(-c3ccccc3)c(-c3cc([O-])cc(O)c3)[nH]2)[C@H](O)C1. The Bertz CT molecular complexity index is 2110. The van der Waals surface area contributed by atoms with Crippen LogP contribution in [0.25, 0.3) is 22.4 Å². The first-order chi connectivity index (χ1) is 30.4. The first kappa shape index (κ1) is 46.4. The number of aromatic amines is 1. The maximum Gasteiger partial charge on any atom is 0.309 e. The quantitative estimate of drug-likeness (QED) is 0.0315. The molecule has 8 N–H and O–H groups in total. The number of aliphatic hydroxyl groups is 3. The fourth-order valence-corrected chi connectivity index (χ4v) is 11.8. The molecule has 0 bridgehead atoms. The number of carboxylic acids is 1. The molecule has 10 nitrogen and oxygen atoms in total. The van der Waals surface area contributed by atoms with E-state index in [1.807, 2.05) is 36.4 Å². The number of unbranched alkanes of at least 4 members (excludes halogenated alkanes) is 4. The maximum absolute atomic E-state index is 13.0. The number of rotatable bonds is 21. The first-order valence-electron chi connectivity index (χ1n) is 23.9. The van der Waals surface area contributed by atoms with E-state index in [2.05, 4.69) is 41.2 Å². The Kier molecular flexibility index (Phi) is 15.4. The summed E-state index contributed by atoms with van der Waals surface area (Å²) in [6, 6.07) is 20.3. The number of carbonyl (C=O) groups is 1. The van der Waals surface area contributed by atoms with Crippen LogP contribution in [0, 0.1) is 29.6 Å². The van der Waals surface area contributed by atoms with E-state index in [1.54, 1.807) is 12.3 Å². The number of hydrogen-bond donors (Lipinski definition) is 7. The zero-order valence-corrected chi connectivity index (χ0v) is 37.1. The van der Waals surface area contributed by atoms with Crippen molar-refractivity contribution < 1.29 is 35.4 Å². The number of nitrogens with one attached hydrogen (secondary N) is 1. The molecule has 3 aliphatic carbocycles. The van der Waals surface area contributed by atoms with E-state index in [0.717, 1.165) is 86.6 Å². The van der Waals surface area contributed by atoms with Crippen LogP contribution in [-0.4, -0.2) is 59.3 Å². The number of aromatic hydroxyl groups is 1. The summed E-state index contributed by atoms with van der Waals surface area (Å²) in [7, 11) is 0. The molecule has 0 spiro atoms. The van der Waals surface area contributed by atoms with Crippen LogP contribution in [0.4, 0.5) is 5.82 Å². The van der Waals surface area contributed by atoms with Crippen molar-refractivity contribution >= 4 is 11.8 Å². The Hall–Kier alpha value is -4.64. The van der Waals surface area contributed by atoms with Crippen LogP contribution < -0.4 is 10.8 Å². The molecule has 2 aromatic carbocycles. The number of allylic oxidation sites excluding steroid dienone is 1. The summed E-state index contributed by atoms with van der Waals surface area (Å²) in [6.45, 7) is 2.21. The van der Waals surface area contributed by atoms with Crippen LogP contribution in [0.3, 0.4) is 0 Å². The molecule has 8 atom stereocenters. The van der Waals surface area contributed by atoms with Crippen LogP contribution >= 0.6 is 0 Å². The van der Waals surface area contributed by atoms with Gasteiger partial charge in [0, 0.05) is 28.9 Å². The number of H-pyrrole nitrogens is 1. The fourth-order valence-electron chi connectivity index (χ4n) is 11.8. The number of nitrogens with two attached hydrogens (primary N) is 1. The van der Waals surface area contributed by atoms with Crippen molar-refractivity contribution in [1.29, 1.82) is 0 Å². The standard InChI is InChI=1S/C53H71N3O7/c1-2-3-6-13-35-18-19-37(48(60)26-35)16-9-5-10-17-45(51(61)62)47(59)20-24-53(63)34-41(52(22-11-12-23-52)39-21-25-55-49(54)31-39)29-40(53)30-42-32-46(36-14-7-4-8-15-36)50(56-42)38-27-43(57)33-44(58)28-38/h4,7-8,14-15,18-19,21,25,27-28,31-33,35,37,40-41,45,47-48,56-60,63H,2-3,5-6,9-13,16-17,20,22-24,26,29-30,34H2,1H3,(H2,54,55)(H,61,62)/p-1/t35-,37-,40+,41-,45+,47-,48-,53+/m1/s1. The van der Waals surface area contributed by atoms with Crippen molar-refractivity contribution in [2.45, 2.75) is 152 Å². The van der Waals surface area contributed by atoms with Gasteiger partial charge in [-0.15, -0.1) is 5.75 Å². The number of benzene rings is 2. The second kappa shape index (κ2) is 20.9. The van der Waals surface area contributed by atoms with E-state index in [9.17, 15) is 35.4 Å². The van der Waals surface area contributed by atoms with Gasteiger partial charge < -0.3 is 41.4 Å². The third-order valence-electron chi connectivity index (χ3n) is 15.2. The second-order valence-electron chi connectivity index (χ2n) is 19.4. The molecule has 10 heteroatoms. The van der Waals surface area contributed by atoms with Gasteiger partial charge >= 0.3 is 5.97 Å². The summed E-state index contributed by atoms with van der Waals surface area (Å²) < 4.78 is 0. The fraction of sp³-hybridized carbons (Fsp3) is 0.547. The topological polar surface area (TPSA) is 196 Å². The molecule has 4 aromatic rings. The third-order valence-corrected chi connectivity index (χ3v) is 15.2. The van der Waals surface area contributed by atoms with Gasteiger partial charge in [0.15, 0.2) is 0 Å². The number of aliphatic hydroxyl groups excluding tert-OH is 2. The van der Waals surface area contributed by atoms with E-state index >= 15 is 0 Å². The molecule has 2 saturated carbocycles. The Morgan fingerprint density at radius 3 is 2.43 bits per heavy atom. The first-order valence-corrected chi connectivity index (χ1v) is 23.9. The van der Waals surface area contributed by atoms with E-state index in [1.165, 1.54) is 31.4 Å². The van der Waals surface area contributed by atoms with Crippen molar-refractivity contribution in [3.63, 3.8) is 0 Å². The lowest BCUT2D eigenvalue weighted by Gasteiger charge is -2.37. The van der Waals surface area contributed by atoms with Crippen LogP contribution in [0.15, 0.2) is 85.1 Å². The van der Waals surface area contributed by atoms with Crippen molar-refractivity contribution in [1.82, 2.24) is 9.97 Å². The number of nitrogens with zero attached hydrogens (tertiary/aromatic N) is 1. The van der Waals surface area contributed by atoms with Gasteiger partial charge in [0.1, 0.15) is 11.6 Å². The van der Waals surface area contributed by atoms with E-state index in [-0.39, 0.29) is 53.6 Å². The molecule has 63 heavy (non-hydrogen) atoms. The number of carboxylic acid groups (broad SMARTS) is 1. The smallest absolute Gasteiger partial charge is 0.309 e. The highest BCUT2D eigenvalue weighted by Crippen LogP contribution is 2.57. The molecule has 2 aromatic heterocycles. The summed E-state index contributed by atoms with van der Waals surface area (Å²) >= 11 is 0. The molecule has 0 saturated heterocycles. The minimum atomic E-state index is -1.20. The Morgan fingerprint density at radius 1 is 0.937 bits per heavy atom. The van der Waals surface area contributed by atoms with Gasteiger partial charge in [0.2, 0.25) is 0 Å². The van der Waals surface area contributed by atoms with Gasteiger partial charge in [-0.25, -0.2) is 4.98 Å². The predicted molar refractivity (Wildman–Crippen MR) is 247 cm³/mol. The summed E-state index contributed by atoms with van der Waals surface area (Å²) in [5.74, 6) is -1.41. The van der Waals surface area contributed by atoms with Gasteiger partial charge in [0.05, 0.1) is 29.4 Å².